The maximum atomic E-state index is 12.5. The summed E-state index contributed by atoms with van der Waals surface area (Å²) >= 11 is 0. The van der Waals surface area contributed by atoms with Crippen LogP contribution in [-0.2, 0) is 11.3 Å². The van der Waals surface area contributed by atoms with Crippen molar-refractivity contribution in [2.45, 2.75) is 45.8 Å². The van der Waals surface area contributed by atoms with E-state index < -0.39 is 0 Å². The van der Waals surface area contributed by atoms with Gasteiger partial charge in [0.15, 0.2) is 0 Å². The lowest BCUT2D eigenvalue weighted by Gasteiger charge is -2.37. The zero-order valence-electron chi connectivity index (χ0n) is 14.5. The number of aryl methyl sites for hydroxylation is 1. The zero-order chi connectivity index (χ0) is 16.4. The van der Waals surface area contributed by atoms with Crippen LogP contribution in [-0.4, -0.2) is 70.4 Å². The third-order valence-corrected chi connectivity index (χ3v) is 5.17. The molecule has 0 saturated carbocycles. The quantitative estimate of drug-likeness (QED) is 0.844. The highest BCUT2D eigenvalue weighted by molar-refractivity contribution is 5.84. The molecule has 1 aromatic rings. The Kier molecular flexibility index (Phi) is 4.97. The molecule has 5 heteroatoms. The van der Waals surface area contributed by atoms with Crippen LogP contribution in [0.5, 0.6) is 0 Å². The van der Waals surface area contributed by atoms with E-state index in [4.69, 9.17) is 0 Å². The molecule has 0 spiro atoms. The van der Waals surface area contributed by atoms with Crippen LogP contribution in [0.4, 0.5) is 0 Å². The molecule has 1 amide bonds. The first kappa shape index (κ1) is 16.4. The molecule has 0 bridgehead atoms. The van der Waals surface area contributed by atoms with E-state index in [0.717, 1.165) is 45.7 Å². The lowest BCUT2D eigenvalue weighted by atomic mass is 10.1. The van der Waals surface area contributed by atoms with E-state index in [1.165, 1.54) is 11.3 Å². The van der Waals surface area contributed by atoms with Crippen LogP contribution < -0.4 is 0 Å². The number of carbonyl (C=O) groups excluding carboxylic acids is 1. The monoisotopic (exact) mass is 316 g/mol. The number of piperazine rings is 1. The zero-order valence-corrected chi connectivity index (χ0v) is 14.5. The molecule has 1 atom stereocenters. The molecule has 3 rings (SSSR count). The molecule has 0 aliphatic carbocycles. The van der Waals surface area contributed by atoms with Crippen molar-refractivity contribution in [1.82, 2.24) is 19.7 Å². The van der Waals surface area contributed by atoms with Gasteiger partial charge >= 0.3 is 0 Å². The van der Waals surface area contributed by atoms with Crippen molar-refractivity contribution in [3.63, 3.8) is 0 Å². The van der Waals surface area contributed by atoms with E-state index >= 15 is 0 Å². The predicted octanol–water partition coefficient (Wildman–Crippen LogP) is 1.52. The van der Waals surface area contributed by atoms with Gasteiger partial charge in [-0.25, -0.2) is 0 Å². The molecule has 5 nitrogen and oxygen atoms in total. The molecule has 2 fully saturated rings. The van der Waals surface area contributed by atoms with Crippen LogP contribution >= 0.6 is 0 Å². The molecule has 0 aromatic carbocycles. The number of pyridine rings is 1. The number of amides is 1. The van der Waals surface area contributed by atoms with Gasteiger partial charge < -0.3 is 4.90 Å². The summed E-state index contributed by atoms with van der Waals surface area (Å²) in [6.07, 6.45) is 2.85. The van der Waals surface area contributed by atoms with Crippen molar-refractivity contribution in [1.29, 1.82) is 0 Å². The molecule has 3 heterocycles. The van der Waals surface area contributed by atoms with Crippen LogP contribution in [0.2, 0.25) is 0 Å². The fraction of sp³-hybridized carbons (Fsp3) is 0.667. The Bertz CT molecular complexity index is 552. The number of carbonyl (C=O) groups is 1. The Morgan fingerprint density at radius 2 is 1.96 bits per heavy atom. The third-order valence-electron chi connectivity index (χ3n) is 5.17. The molecule has 2 saturated heterocycles. The van der Waals surface area contributed by atoms with Gasteiger partial charge in [-0.1, -0.05) is 6.07 Å². The molecule has 2 aliphatic heterocycles. The average Bonchev–Trinajstić information content (AvgIpc) is 2.92. The highest BCUT2D eigenvalue weighted by Crippen LogP contribution is 2.21. The Morgan fingerprint density at radius 1 is 1.22 bits per heavy atom. The first-order chi connectivity index (χ1) is 11.1. The van der Waals surface area contributed by atoms with Gasteiger partial charge in [-0.05, 0) is 38.8 Å². The van der Waals surface area contributed by atoms with Gasteiger partial charge in [-0.3, -0.25) is 19.6 Å². The molecular formula is C18H28N4O. The number of likely N-dealkylation sites (tertiary alicyclic amines) is 1. The first-order valence-corrected chi connectivity index (χ1v) is 8.73. The summed E-state index contributed by atoms with van der Waals surface area (Å²) in [5.41, 5.74) is 2.43. The summed E-state index contributed by atoms with van der Waals surface area (Å²) in [5.74, 6) is 0.328. The second-order valence-corrected chi connectivity index (χ2v) is 7.01. The maximum Gasteiger partial charge on any atom is 0.240 e. The summed E-state index contributed by atoms with van der Waals surface area (Å²) < 4.78 is 0. The number of nitrogens with zero attached hydrogens (tertiary/aromatic N) is 4. The Balaban J connectivity index is 1.53. The van der Waals surface area contributed by atoms with Crippen LogP contribution in [0.1, 0.15) is 31.5 Å². The molecule has 0 radical (unpaired) electrons. The number of rotatable bonds is 4. The minimum Gasteiger partial charge on any atom is -0.339 e. The minimum absolute atomic E-state index is 0.108. The van der Waals surface area contributed by atoms with Gasteiger partial charge in [0.05, 0.1) is 11.7 Å². The van der Waals surface area contributed by atoms with Crippen LogP contribution in [0.15, 0.2) is 18.3 Å². The van der Waals surface area contributed by atoms with E-state index in [1.807, 2.05) is 17.2 Å². The minimum atomic E-state index is 0.108. The van der Waals surface area contributed by atoms with E-state index in [1.54, 1.807) is 0 Å². The Morgan fingerprint density at radius 3 is 2.57 bits per heavy atom. The van der Waals surface area contributed by atoms with E-state index in [9.17, 15) is 4.79 Å². The lowest BCUT2D eigenvalue weighted by molar-refractivity contribution is -0.134. The number of hydrogen-bond acceptors (Lipinski definition) is 4. The molecule has 23 heavy (non-hydrogen) atoms. The molecule has 1 unspecified atom stereocenters. The summed E-state index contributed by atoms with van der Waals surface area (Å²) in [6, 6.07) is 4.54. The topological polar surface area (TPSA) is 39.7 Å². The summed E-state index contributed by atoms with van der Waals surface area (Å²) in [5, 5.41) is 0. The summed E-state index contributed by atoms with van der Waals surface area (Å²) in [7, 11) is 0. The van der Waals surface area contributed by atoms with Gasteiger partial charge in [0.25, 0.3) is 0 Å². The normalized spacial score (nSPS) is 23.9. The SMILES string of the molecule is Cc1cccnc1CN1CCN(C2CCN(C(C)C)C2=O)CC1. The average molecular weight is 316 g/mol. The van der Waals surface area contributed by atoms with Crippen molar-refractivity contribution in [3.05, 3.63) is 29.6 Å². The molecular weight excluding hydrogens is 288 g/mol. The predicted molar refractivity (Wildman–Crippen MR) is 91.1 cm³/mol. The highest BCUT2D eigenvalue weighted by atomic mass is 16.2. The fourth-order valence-electron chi connectivity index (χ4n) is 3.67. The second-order valence-electron chi connectivity index (χ2n) is 7.01. The maximum absolute atomic E-state index is 12.5. The second kappa shape index (κ2) is 6.97. The van der Waals surface area contributed by atoms with E-state index in [0.29, 0.717) is 11.9 Å². The van der Waals surface area contributed by atoms with Crippen molar-refractivity contribution >= 4 is 5.91 Å². The van der Waals surface area contributed by atoms with Crippen LogP contribution in [0.25, 0.3) is 0 Å². The fourth-order valence-corrected chi connectivity index (χ4v) is 3.67. The summed E-state index contributed by atoms with van der Waals surface area (Å²) in [4.78, 5) is 23.9. The Hall–Kier alpha value is -1.46. The highest BCUT2D eigenvalue weighted by Gasteiger charge is 2.37. The van der Waals surface area contributed by atoms with Crippen molar-refractivity contribution in [2.75, 3.05) is 32.7 Å². The van der Waals surface area contributed by atoms with Crippen LogP contribution in [0, 0.1) is 6.92 Å². The van der Waals surface area contributed by atoms with E-state index in [2.05, 4.69) is 41.6 Å². The Labute approximate surface area is 139 Å². The smallest absolute Gasteiger partial charge is 0.240 e. The molecule has 1 aromatic heterocycles. The van der Waals surface area contributed by atoms with E-state index in [-0.39, 0.29) is 6.04 Å². The first-order valence-electron chi connectivity index (χ1n) is 8.73. The van der Waals surface area contributed by atoms with Gasteiger partial charge in [0, 0.05) is 51.5 Å². The van der Waals surface area contributed by atoms with Gasteiger partial charge in [0.2, 0.25) is 5.91 Å². The van der Waals surface area contributed by atoms with Crippen LogP contribution in [0.3, 0.4) is 0 Å². The molecule has 126 valence electrons. The van der Waals surface area contributed by atoms with Gasteiger partial charge in [0.1, 0.15) is 0 Å². The van der Waals surface area contributed by atoms with Gasteiger partial charge in [-0.2, -0.15) is 0 Å². The molecule has 2 aliphatic rings. The lowest BCUT2D eigenvalue weighted by Crippen LogP contribution is -2.52. The number of aromatic nitrogens is 1. The number of hydrogen-bond donors (Lipinski definition) is 0. The third kappa shape index (κ3) is 3.56. The van der Waals surface area contributed by atoms with Crippen molar-refractivity contribution < 1.29 is 4.79 Å². The molecule has 0 N–H and O–H groups in total. The van der Waals surface area contributed by atoms with Gasteiger partial charge in [-0.15, -0.1) is 0 Å². The largest absolute Gasteiger partial charge is 0.339 e. The van der Waals surface area contributed by atoms with Crippen molar-refractivity contribution in [3.8, 4) is 0 Å². The van der Waals surface area contributed by atoms with Crippen molar-refractivity contribution in [2.24, 2.45) is 0 Å². The standard InChI is InChI=1S/C18H28N4O/c1-14(2)22-8-6-17(18(22)23)21-11-9-20(10-12-21)13-16-15(3)5-4-7-19-16/h4-5,7,14,17H,6,8-13H2,1-3H3. The summed E-state index contributed by atoms with van der Waals surface area (Å²) in [6.45, 7) is 12.1.